The molecule has 0 saturated carbocycles. The van der Waals surface area contributed by atoms with Crippen LogP contribution in [0.4, 0.5) is 0 Å². The summed E-state index contributed by atoms with van der Waals surface area (Å²) in [6, 6.07) is 4.85. The smallest absolute Gasteiger partial charge is 0.178 e. The van der Waals surface area contributed by atoms with Crippen molar-refractivity contribution in [3.8, 4) is 5.75 Å². The number of aliphatic hydroxyl groups is 1. The third-order valence-electron chi connectivity index (χ3n) is 2.92. The number of thiazole rings is 1. The molecule has 0 spiro atoms. The van der Waals surface area contributed by atoms with Crippen LogP contribution in [0.5, 0.6) is 5.75 Å². The van der Waals surface area contributed by atoms with E-state index in [1.165, 1.54) is 11.3 Å². The van der Waals surface area contributed by atoms with Crippen LogP contribution in [0, 0.1) is 0 Å². The second kappa shape index (κ2) is 6.62. The lowest BCUT2D eigenvalue weighted by Crippen LogP contribution is -2.28. The maximum Gasteiger partial charge on any atom is 0.178 e. The number of phenols is 1. The first kappa shape index (κ1) is 15.2. The summed E-state index contributed by atoms with van der Waals surface area (Å²) in [5.41, 5.74) is 0.843. The zero-order valence-electron chi connectivity index (χ0n) is 10.9. The van der Waals surface area contributed by atoms with Gasteiger partial charge in [0.25, 0.3) is 0 Å². The number of aliphatic hydroxyl groups excluding tert-OH is 1. The number of rotatable bonds is 5. The quantitative estimate of drug-likeness (QED) is 0.608. The van der Waals surface area contributed by atoms with Crippen LogP contribution in [0.1, 0.15) is 5.01 Å². The fraction of sp³-hybridized carbons (Fsp3) is 0.385. The van der Waals surface area contributed by atoms with Crippen molar-refractivity contribution < 1.29 is 14.9 Å². The average Bonchev–Trinajstić information content (AvgIpc) is 3.10. The number of aliphatic imine (C=N–C) groups is 1. The van der Waals surface area contributed by atoms with Crippen molar-refractivity contribution in [3.05, 3.63) is 23.2 Å². The van der Waals surface area contributed by atoms with Gasteiger partial charge in [0, 0.05) is 11.1 Å². The highest BCUT2D eigenvalue weighted by Crippen LogP contribution is 2.32. The Morgan fingerprint density at radius 1 is 1.48 bits per heavy atom. The Balaban J connectivity index is 1.79. The van der Waals surface area contributed by atoms with Crippen LogP contribution < -0.4 is 0 Å². The first-order valence-electron chi connectivity index (χ1n) is 6.33. The molecule has 0 fully saturated rings. The van der Waals surface area contributed by atoms with Gasteiger partial charge in [-0.1, -0.05) is 15.9 Å². The Bertz CT molecular complexity index is 676. The van der Waals surface area contributed by atoms with Crippen molar-refractivity contribution in [2.45, 2.75) is 12.3 Å². The number of phenolic OH excluding ortho intramolecular Hbond substituents is 1. The molecule has 2 unspecified atom stereocenters. The van der Waals surface area contributed by atoms with Gasteiger partial charge < -0.3 is 14.9 Å². The lowest BCUT2D eigenvalue weighted by molar-refractivity contribution is -0.102. The lowest BCUT2D eigenvalue weighted by Gasteiger charge is -2.14. The molecule has 0 amide bonds. The Morgan fingerprint density at radius 3 is 3.14 bits per heavy atom. The highest BCUT2D eigenvalue weighted by atomic mass is 79.9. The van der Waals surface area contributed by atoms with Gasteiger partial charge in [0.15, 0.2) is 6.29 Å². The molecule has 8 heteroatoms. The fourth-order valence-corrected chi connectivity index (χ4v) is 4.26. The van der Waals surface area contributed by atoms with Crippen molar-refractivity contribution >= 4 is 54.3 Å². The van der Waals surface area contributed by atoms with E-state index in [1.807, 2.05) is 0 Å². The molecule has 0 bridgehead atoms. The summed E-state index contributed by atoms with van der Waals surface area (Å²) in [4.78, 5) is 9.02. The van der Waals surface area contributed by atoms with Crippen molar-refractivity contribution in [1.82, 2.24) is 4.98 Å². The van der Waals surface area contributed by atoms with Crippen molar-refractivity contribution in [1.29, 1.82) is 0 Å². The van der Waals surface area contributed by atoms with E-state index in [0.717, 1.165) is 20.3 Å². The van der Waals surface area contributed by atoms with Gasteiger partial charge in [-0.3, -0.25) is 4.99 Å². The number of alkyl halides is 1. The predicted octanol–water partition coefficient (Wildman–Crippen LogP) is 2.59. The third kappa shape index (κ3) is 3.40. The van der Waals surface area contributed by atoms with E-state index < -0.39 is 6.29 Å². The molecule has 1 aliphatic heterocycles. The number of ether oxygens (including phenoxy) is 1. The van der Waals surface area contributed by atoms with Gasteiger partial charge in [0.2, 0.25) is 0 Å². The van der Waals surface area contributed by atoms with Gasteiger partial charge in [0.1, 0.15) is 21.8 Å². The van der Waals surface area contributed by atoms with E-state index in [4.69, 9.17) is 4.74 Å². The summed E-state index contributed by atoms with van der Waals surface area (Å²) in [5, 5.41) is 21.7. The molecule has 0 aliphatic carbocycles. The Morgan fingerprint density at radius 2 is 2.33 bits per heavy atom. The molecular formula is C13H13BrN2O3S2. The molecule has 112 valence electrons. The van der Waals surface area contributed by atoms with E-state index in [1.54, 1.807) is 30.0 Å². The number of nitrogens with zero attached hydrogens (tertiary/aromatic N) is 2. The Kier molecular flexibility index (Phi) is 4.80. The molecular weight excluding hydrogens is 376 g/mol. The van der Waals surface area contributed by atoms with Crippen LogP contribution in [-0.2, 0) is 4.74 Å². The van der Waals surface area contributed by atoms with Crippen molar-refractivity contribution in [2.24, 2.45) is 4.99 Å². The summed E-state index contributed by atoms with van der Waals surface area (Å²) in [6.45, 7) is 0.452. The standard InChI is InChI=1S/C13H13BrN2O3S2/c14-3-4-19-13(18)9-6-20-11(16-9)12-15-8-2-1-7(17)5-10(8)21-12/h1-2,5,9,13,17-18H,3-4,6H2. The zero-order valence-corrected chi connectivity index (χ0v) is 14.1. The minimum Gasteiger partial charge on any atom is -0.508 e. The van der Waals surface area contributed by atoms with Crippen LogP contribution in [0.2, 0.25) is 0 Å². The maximum atomic E-state index is 9.91. The van der Waals surface area contributed by atoms with E-state index in [-0.39, 0.29) is 11.8 Å². The highest BCUT2D eigenvalue weighted by molar-refractivity contribution is 9.09. The van der Waals surface area contributed by atoms with E-state index in [9.17, 15) is 10.2 Å². The summed E-state index contributed by atoms with van der Waals surface area (Å²) in [7, 11) is 0. The van der Waals surface area contributed by atoms with Gasteiger partial charge in [-0.25, -0.2) is 4.98 Å². The van der Waals surface area contributed by atoms with Crippen LogP contribution in [0.25, 0.3) is 10.2 Å². The van der Waals surface area contributed by atoms with Crippen LogP contribution in [0.3, 0.4) is 0 Å². The number of benzene rings is 1. The SMILES string of the molecule is Oc1ccc2nc(C3=NC(C(O)OCCBr)CS3)sc2c1. The zero-order chi connectivity index (χ0) is 14.8. The monoisotopic (exact) mass is 388 g/mol. The molecule has 2 N–H and O–H groups in total. The van der Waals surface area contributed by atoms with Crippen molar-refractivity contribution in [2.75, 3.05) is 17.7 Å². The van der Waals surface area contributed by atoms with E-state index in [2.05, 4.69) is 25.9 Å². The van der Waals surface area contributed by atoms with Crippen LogP contribution in [-0.4, -0.2) is 50.3 Å². The minimum absolute atomic E-state index is 0.232. The number of hydrogen-bond acceptors (Lipinski definition) is 7. The molecule has 1 aromatic carbocycles. The highest BCUT2D eigenvalue weighted by Gasteiger charge is 2.28. The minimum atomic E-state index is -0.883. The number of thioether (sulfide) groups is 1. The normalized spacial score (nSPS) is 19.9. The van der Waals surface area contributed by atoms with Crippen molar-refractivity contribution in [3.63, 3.8) is 0 Å². The van der Waals surface area contributed by atoms with E-state index >= 15 is 0 Å². The molecule has 2 aromatic rings. The van der Waals surface area contributed by atoms with Gasteiger partial charge in [-0.05, 0) is 18.2 Å². The largest absolute Gasteiger partial charge is 0.508 e. The van der Waals surface area contributed by atoms with Gasteiger partial charge in [-0.15, -0.1) is 23.1 Å². The van der Waals surface area contributed by atoms with Gasteiger partial charge >= 0.3 is 0 Å². The van der Waals surface area contributed by atoms with Crippen LogP contribution in [0.15, 0.2) is 23.2 Å². The lowest BCUT2D eigenvalue weighted by atomic mass is 10.3. The molecule has 2 heterocycles. The predicted molar refractivity (Wildman–Crippen MR) is 89.8 cm³/mol. The molecule has 1 aliphatic rings. The first-order valence-corrected chi connectivity index (χ1v) is 9.26. The maximum absolute atomic E-state index is 9.91. The third-order valence-corrected chi connectivity index (χ3v) is 5.48. The topological polar surface area (TPSA) is 74.9 Å². The molecule has 1 aromatic heterocycles. The fourth-order valence-electron chi connectivity index (χ4n) is 1.93. The summed E-state index contributed by atoms with van der Waals surface area (Å²) in [6.07, 6.45) is -0.883. The summed E-state index contributed by atoms with van der Waals surface area (Å²) >= 11 is 6.31. The Hall–Kier alpha value is -0.670. The molecule has 3 rings (SSSR count). The number of aromatic nitrogens is 1. The van der Waals surface area contributed by atoms with Gasteiger partial charge in [-0.2, -0.15) is 0 Å². The number of hydrogen-bond donors (Lipinski definition) is 2. The molecule has 21 heavy (non-hydrogen) atoms. The number of halogens is 1. The van der Waals surface area contributed by atoms with Gasteiger partial charge in [0.05, 0.1) is 16.8 Å². The Labute approximate surface area is 138 Å². The van der Waals surface area contributed by atoms with Crippen LogP contribution >= 0.6 is 39.0 Å². The molecule has 0 radical (unpaired) electrons. The second-order valence-electron chi connectivity index (χ2n) is 4.43. The summed E-state index contributed by atoms with van der Waals surface area (Å²) in [5.74, 6) is 0.912. The molecule has 5 nitrogen and oxygen atoms in total. The number of fused-ring (bicyclic) bond motifs is 1. The molecule has 2 atom stereocenters. The first-order chi connectivity index (χ1) is 10.2. The molecule has 0 saturated heterocycles. The summed E-state index contributed by atoms with van der Waals surface area (Å²) < 4.78 is 6.20. The van der Waals surface area contributed by atoms with E-state index in [0.29, 0.717) is 17.7 Å². The number of aromatic hydroxyl groups is 1. The average molecular weight is 389 g/mol. The second-order valence-corrected chi connectivity index (χ2v) is 7.27.